The minimum Gasteiger partial charge on any atom is -0.316 e. The van der Waals surface area contributed by atoms with E-state index in [1.807, 2.05) is 6.92 Å². The average molecular weight is 253 g/mol. The molecular weight excluding hydrogens is 232 g/mol. The van der Waals surface area contributed by atoms with Crippen LogP contribution in [0.3, 0.4) is 0 Å². The van der Waals surface area contributed by atoms with Crippen molar-refractivity contribution in [1.82, 2.24) is 5.32 Å². The lowest BCUT2D eigenvalue weighted by Gasteiger charge is -2.35. The molecule has 100 valence electrons. The van der Waals surface area contributed by atoms with E-state index >= 15 is 0 Å². The predicted molar refractivity (Wildman–Crippen MR) is 69.6 cm³/mol. The fourth-order valence-corrected chi connectivity index (χ4v) is 3.25. The van der Waals surface area contributed by atoms with Crippen molar-refractivity contribution in [3.05, 3.63) is 35.4 Å². The van der Waals surface area contributed by atoms with Crippen LogP contribution in [0.5, 0.6) is 0 Å². The molecule has 1 aliphatic carbocycles. The smallest absolute Gasteiger partial charge is 0.129 e. The van der Waals surface area contributed by atoms with Crippen molar-refractivity contribution in [2.45, 2.75) is 38.5 Å². The van der Waals surface area contributed by atoms with Crippen molar-refractivity contribution >= 4 is 0 Å². The lowest BCUT2D eigenvalue weighted by molar-refractivity contribution is 0.308. The van der Waals surface area contributed by atoms with Crippen LogP contribution in [-0.2, 0) is 5.41 Å². The van der Waals surface area contributed by atoms with Crippen molar-refractivity contribution in [3.8, 4) is 0 Å². The SMILES string of the molecule is CCNCC1(c2ccc(F)cc2F)CCCC1C. The number of likely N-dealkylation sites (N-methyl/N-ethyl adjacent to an activating group) is 1. The van der Waals surface area contributed by atoms with Crippen LogP contribution < -0.4 is 5.32 Å². The van der Waals surface area contributed by atoms with Crippen LogP contribution >= 0.6 is 0 Å². The monoisotopic (exact) mass is 253 g/mol. The average Bonchev–Trinajstić information content (AvgIpc) is 2.69. The zero-order valence-corrected chi connectivity index (χ0v) is 11.1. The van der Waals surface area contributed by atoms with E-state index in [0.29, 0.717) is 11.5 Å². The zero-order chi connectivity index (χ0) is 13.2. The molecule has 2 atom stereocenters. The van der Waals surface area contributed by atoms with Gasteiger partial charge in [-0.05, 0) is 36.9 Å². The third-order valence-corrected chi connectivity index (χ3v) is 4.36. The number of hydrogen-bond acceptors (Lipinski definition) is 1. The third-order valence-electron chi connectivity index (χ3n) is 4.36. The molecule has 1 saturated carbocycles. The van der Waals surface area contributed by atoms with Gasteiger partial charge >= 0.3 is 0 Å². The Morgan fingerprint density at radius 2 is 2.17 bits per heavy atom. The molecule has 3 heteroatoms. The Bertz CT molecular complexity index is 419. The van der Waals surface area contributed by atoms with Gasteiger partial charge in [-0.2, -0.15) is 0 Å². The number of rotatable bonds is 4. The first-order valence-corrected chi connectivity index (χ1v) is 6.76. The van der Waals surface area contributed by atoms with Gasteiger partial charge in [0.2, 0.25) is 0 Å². The number of benzene rings is 1. The second kappa shape index (κ2) is 5.35. The minimum atomic E-state index is -0.500. The third kappa shape index (κ3) is 2.28. The van der Waals surface area contributed by atoms with Crippen LogP contribution in [-0.4, -0.2) is 13.1 Å². The van der Waals surface area contributed by atoms with Gasteiger partial charge in [0, 0.05) is 18.0 Å². The van der Waals surface area contributed by atoms with E-state index in [9.17, 15) is 8.78 Å². The summed E-state index contributed by atoms with van der Waals surface area (Å²) in [5, 5.41) is 3.34. The quantitative estimate of drug-likeness (QED) is 0.864. The van der Waals surface area contributed by atoms with Gasteiger partial charge in [-0.15, -0.1) is 0 Å². The number of nitrogens with one attached hydrogen (secondary N) is 1. The molecule has 2 rings (SSSR count). The summed E-state index contributed by atoms with van der Waals surface area (Å²) in [6.45, 7) is 5.87. The molecule has 0 aromatic heterocycles. The van der Waals surface area contributed by atoms with Crippen LogP contribution in [0.4, 0.5) is 8.78 Å². The van der Waals surface area contributed by atoms with Crippen molar-refractivity contribution in [2.24, 2.45) is 5.92 Å². The summed E-state index contributed by atoms with van der Waals surface area (Å²) in [5.74, 6) is -0.473. The van der Waals surface area contributed by atoms with E-state index in [4.69, 9.17) is 0 Å². The molecule has 1 aliphatic rings. The number of hydrogen-bond donors (Lipinski definition) is 1. The summed E-state index contributed by atoms with van der Waals surface area (Å²) < 4.78 is 27.1. The van der Waals surface area contributed by atoms with Crippen molar-refractivity contribution < 1.29 is 8.78 Å². The van der Waals surface area contributed by atoms with Crippen LogP contribution in [0.15, 0.2) is 18.2 Å². The lowest BCUT2D eigenvalue weighted by atomic mass is 9.72. The predicted octanol–water partition coefficient (Wildman–Crippen LogP) is 3.63. The molecule has 1 N–H and O–H groups in total. The molecule has 18 heavy (non-hydrogen) atoms. The van der Waals surface area contributed by atoms with Crippen molar-refractivity contribution in [3.63, 3.8) is 0 Å². The van der Waals surface area contributed by atoms with Gasteiger partial charge < -0.3 is 5.32 Å². The van der Waals surface area contributed by atoms with E-state index in [1.165, 1.54) is 6.07 Å². The fraction of sp³-hybridized carbons (Fsp3) is 0.600. The van der Waals surface area contributed by atoms with Gasteiger partial charge in [-0.25, -0.2) is 8.78 Å². The van der Waals surface area contributed by atoms with Crippen LogP contribution in [0.25, 0.3) is 0 Å². The van der Waals surface area contributed by atoms with E-state index in [0.717, 1.165) is 38.4 Å². The highest BCUT2D eigenvalue weighted by Gasteiger charge is 2.42. The Morgan fingerprint density at radius 3 is 2.72 bits per heavy atom. The highest BCUT2D eigenvalue weighted by atomic mass is 19.1. The first-order chi connectivity index (χ1) is 8.60. The Kier molecular flexibility index (Phi) is 4.00. The van der Waals surface area contributed by atoms with E-state index in [-0.39, 0.29) is 5.41 Å². The first kappa shape index (κ1) is 13.5. The van der Waals surface area contributed by atoms with E-state index in [1.54, 1.807) is 6.07 Å². The van der Waals surface area contributed by atoms with Gasteiger partial charge in [-0.1, -0.05) is 26.3 Å². The topological polar surface area (TPSA) is 12.0 Å². The summed E-state index contributed by atoms with van der Waals surface area (Å²) in [7, 11) is 0. The van der Waals surface area contributed by atoms with Gasteiger partial charge in [-0.3, -0.25) is 0 Å². The summed E-state index contributed by atoms with van der Waals surface area (Å²) in [4.78, 5) is 0. The standard InChI is InChI=1S/C15H21F2N/c1-3-18-10-15(8-4-5-11(15)2)13-7-6-12(16)9-14(13)17/h6-7,9,11,18H,3-5,8,10H2,1-2H3. The Morgan fingerprint density at radius 1 is 1.39 bits per heavy atom. The van der Waals surface area contributed by atoms with Crippen LogP contribution in [0.2, 0.25) is 0 Å². The molecule has 0 radical (unpaired) electrons. The first-order valence-electron chi connectivity index (χ1n) is 6.76. The normalized spacial score (nSPS) is 27.7. The molecule has 1 fully saturated rings. The largest absolute Gasteiger partial charge is 0.316 e. The van der Waals surface area contributed by atoms with E-state index in [2.05, 4.69) is 12.2 Å². The van der Waals surface area contributed by atoms with Gasteiger partial charge in [0.05, 0.1) is 0 Å². The highest BCUT2D eigenvalue weighted by Crippen LogP contribution is 2.46. The fourth-order valence-electron chi connectivity index (χ4n) is 3.25. The molecule has 0 saturated heterocycles. The molecule has 1 aromatic carbocycles. The molecule has 0 heterocycles. The maximum Gasteiger partial charge on any atom is 0.129 e. The Labute approximate surface area is 108 Å². The second-order valence-corrected chi connectivity index (χ2v) is 5.35. The molecule has 0 bridgehead atoms. The summed E-state index contributed by atoms with van der Waals surface area (Å²) in [5.41, 5.74) is 0.503. The summed E-state index contributed by atoms with van der Waals surface area (Å²) in [6.07, 6.45) is 3.20. The summed E-state index contributed by atoms with van der Waals surface area (Å²) >= 11 is 0. The highest BCUT2D eigenvalue weighted by molar-refractivity contribution is 5.30. The minimum absolute atomic E-state index is 0.173. The molecule has 0 amide bonds. The lowest BCUT2D eigenvalue weighted by Crippen LogP contribution is -2.41. The van der Waals surface area contributed by atoms with Gasteiger partial charge in [0.1, 0.15) is 11.6 Å². The van der Waals surface area contributed by atoms with Crippen LogP contribution in [0, 0.1) is 17.6 Å². The molecule has 1 nitrogen and oxygen atoms in total. The second-order valence-electron chi connectivity index (χ2n) is 5.35. The molecule has 1 aromatic rings. The van der Waals surface area contributed by atoms with Crippen LogP contribution in [0.1, 0.15) is 38.7 Å². The molecule has 0 aliphatic heterocycles. The Balaban J connectivity index is 2.39. The van der Waals surface area contributed by atoms with Crippen molar-refractivity contribution in [2.75, 3.05) is 13.1 Å². The maximum absolute atomic E-state index is 14.1. The Hall–Kier alpha value is -0.960. The molecular formula is C15H21F2N. The van der Waals surface area contributed by atoms with Gasteiger partial charge in [0.25, 0.3) is 0 Å². The summed E-state index contributed by atoms with van der Waals surface area (Å²) in [6, 6.07) is 4.01. The van der Waals surface area contributed by atoms with E-state index < -0.39 is 11.6 Å². The zero-order valence-electron chi connectivity index (χ0n) is 11.1. The molecule has 0 spiro atoms. The van der Waals surface area contributed by atoms with Crippen molar-refractivity contribution in [1.29, 1.82) is 0 Å². The molecule has 2 unspecified atom stereocenters. The number of halogens is 2. The maximum atomic E-state index is 14.1. The van der Waals surface area contributed by atoms with Gasteiger partial charge in [0.15, 0.2) is 0 Å².